The van der Waals surface area contributed by atoms with Gasteiger partial charge in [-0.25, -0.2) is 0 Å². The molecule has 3 heteroatoms. The van der Waals surface area contributed by atoms with Crippen LogP contribution in [0.25, 0.3) is 0 Å². The fourth-order valence-electron chi connectivity index (χ4n) is 1.70. The zero-order valence-electron chi connectivity index (χ0n) is 12.0. The van der Waals surface area contributed by atoms with Gasteiger partial charge >= 0.3 is 0 Å². The Balaban J connectivity index is 2.57. The van der Waals surface area contributed by atoms with Gasteiger partial charge in [0.25, 0.3) is 0 Å². The van der Waals surface area contributed by atoms with Gasteiger partial charge in [0.1, 0.15) is 0 Å². The molecule has 0 saturated heterocycles. The van der Waals surface area contributed by atoms with Crippen molar-refractivity contribution >= 4 is 14.1 Å². The molecule has 0 amide bonds. The van der Waals surface area contributed by atoms with E-state index >= 15 is 0 Å². The summed E-state index contributed by atoms with van der Waals surface area (Å²) in [7, 11) is -1.65. The fraction of sp³-hybridized carbons (Fsp3) is 0.786. The van der Waals surface area contributed by atoms with Crippen LogP contribution in [0.15, 0.2) is 12.2 Å². The lowest BCUT2D eigenvalue weighted by molar-refractivity contribution is -0.116. The second kappa shape index (κ2) is 5.07. The molecule has 0 N–H and O–H groups in total. The number of hydrogen-bond donors (Lipinski definition) is 0. The third-order valence-electron chi connectivity index (χ3n) is 4.23. The van der Waals surface area contributed by atoms with E-state index in [1.54, 1.807) is 6.08 Å². The number of allylic oxidation sites excluding steroid dienone is 1. The van der Waals surface area contributed by atoms with Crippen molar-refractivity contribution in [2.24, 2.45) is 11.8 Å². The van der Waals surface area contributed by atoms with Gasteiger partial charge in [-0.3, -0.25) is 4.79 Å². The van der Waals surface area contributed by atoms with Crippen LogP contribution >= 0.6 is 0 Å². The highest BCUT2D eigenvalue weighted by Crippen LogP contribution is 2.37. The van der Waals surface area contributed by atoms with Gasteiger partial charge in [0.05, 0.1) is 0 Å². The molecule has 2 nitrogen and oxygen atoms in total. The molecule has 0 bridgehead atoms. The van der Waals surface area contributed by atoms with E-state index in [9.17, 15) is 4.79 Å². The van der Waals surface area contributed by atoms with Crippen molar-refractivity contribution in [3.8, 4) is 0 Å². The van der Waals surface area contributed by atoms with Crippen molar-refractivity contribution in [3.05, 3.63) is 12.2 Å². The Hall–Kier alpha value is -0.413. The van der Waals surface area contributed by atoms with E-state index in [1.165, 1.54) is 0 Å². The first-order valence-corrected chi connectivity index (χ1v) is 9.39. The van der Waals surface area contributed by atoms with Crippen LogP contribution in [0.2, 0.25) is 18.1 Å². The molecule has 0 aromatic carbocycles. The third-order valence-corrected chi connectivity index (χ3v) is 8.73. The lowest BCUT2D eigenvalue weighted by Crippen LogP contribution is -2.42. The Morgan fingerprint density at radius 2 is 2.00 bits per heavy atom. The van der Waals surface area contributed by atoms with Crippen LogP contribution in [-0.2, 0) is 9.22 Å². The number of rotatable bonds is 3. The number of hydrogen-bond acceptors (Lipinski definition) is 2. The summed E-state index contributed by atoms with van der Waals surface area (Å²) in [6.07, 6.45) is 4.42. The average molecular weight is 254 g/mol. The first-order chi connectivity index (χ1) is 7.63. The molecule has 2 atom stereocenters. The molecule has 0 fully saturated rings. The van der Waals surface area contributed by atoms with Crippen LogP contribution in [0.5, 0.6) is 0 Å². The van der Waals surface area contributed by atoms with Crippen LogP contribution in [0.1, 0.15) is 34.1 Å². The Labute approximate surface area is 107 Å². The molecule has 1 rings (SSSR count). The van der Waals surface area contributed by atoms with Gasteiger partial charge in [-0.1, -0.05) is 33.8 Å². The summed E-state index contributed by atoms with van der Waals surface area (Å²) >= 11 is 0. The van der Waals surface area contributed by atoms with E-state index in [0.29, 0.717) is 18.3 Å². The molecule has 0 aromatic rings. The molecular weight excluding hydrogens is 228 g/mol. The Morgan fingerprint density at radius 1 is 1.41 bits per heavy atom. The minimum atomic E-state index is -1.65. The second-order valence-corrected chi connectivity index (χ2v) is 11.6. The minimum Gasteiger partial charge on any atom is -0.416 e. The highest BCUT2D eigenvalue weighted by molar-refractivity contribution is 6.74. The van der Waals surface area contributed by atoms with Gasteiger partial charge in [0.2, 0.25) is 0 Å². The third kappa shape index (κ3) is 3.78. The van der Waals surface area contributed by atoms with E-state index in [2.05, 4.69) is 40.8 Å². The van der Waals surface area contributed by atoms with Crippen molar-refractivity contribution in [2.45, 2.75) is 52.2 Å². The maximum atomic E-state index is 11.3. The van der Waals surface area contributed by atoms with Crippen LogP contribution in [-0.4, -0.2) is 20.7 Å². The smallest absolute Gasteiger partial charge is 0.192 e. The van der Waals surface area contributed by atoms with Crippen molar-refractivity contribution < 1.29 is 9.22 Å². The summed E-state index contributed by atoms with van der Waals surface area (Å²) < 4.78 is 6.22. The summed E-state index contributed by atoms with van der Waals surface area (Å²) in [5.74, 6) is 1.07. The molecule has 0 saturated carbocycles. The second-order valence-electron chi connectivity index (χ2n) is 6.74. The lowest BCUT2D eigenvalue weighted by Gasteiger charge is -2.38. The molecule has 0 unspecified atom stereocenters. The Kier molecular flexibility index (Phi) is 4.36. The molecule has 0 aliphatic heterocycles. The van der Waals surface area contributed by atoms with Gasteiger partial charge in [0, 0.05) is 18.9 Å². The van der Waals surface area contributed by atoms with Gasteiger partial charge in [-0.2, -0.15) is 0 Å². The maximum Gasteiger partial charge on any atom is 0.192 e. The SMILES string of the molecule is C[C@H]1CC(=O)C=C[C@H]1CO[Si](C)(C)C(C)(C)C. The van der Waals surface area contributed by atoms with Crippen LogP contribution in [0, 0.1) is 11.8 Å². The molecule has 0 radical (unpaired) electrons. The summed E-state index contributed by atoms with van der Waals surface area (Å²) in [5.41, 5.74) is 0. The van der Waals surface area contributed by atoms with E-state index in [4.69, 9.17) is 4.43 Å². The van der Waals surface area contributed by atoms with Crippen molar-refractivity contribution in [2.75, 3.05) is 6.61 Å². The topological polar surface area (TPSA) is 26.3 Å². The van der Waals surface area contributed by atoms with Gasteiger partial charge in [0.15, 0.2) is 14.1 Å². The molecule has 98 valence electrons. The number of carbonyl (C=O) groups excluding carboxylic acids is 1. The lowest BCUT2D eigenvalue weighted by atomic mass is 9.85. The maximum absolute atomic E-state index is 11.3. The first kappa shape index (κ1) is 14.6. The highest BCUT2D eigenvalue weighted by atomic mass is 28.4. The van der Waals surface area contributed by atoms with Crippen molar-refractivity contribution in [1.82, 2.24) is 0 Å². The molecule has 0 spiro atoms. The zero-order valence-corrected chi connectivity index (χ0v) is 13.0. The minimum absolute atomic E-state index is 0.251. The number of ketones is 1. The van der Waals surface area contributed by atoms with E-state index in [1.807, 2.05) is 6.08 Å². The zero-order chi connectivity index (χ0) is 13.3. The van der Waals surface area contributed by atoms with E-state index in [-0.39, 0.29) is 10.8 Å². The summed E-state index contributed by atoms with van der Waals surface area (Å²) in [5, 5.41) is 0.254. The van der Waals surface area contributed by atoms with Crippen LogP contribution < -0.4 is 0 Å². The molecule has 0 heterocycles. The van der Waals surface area contributed by atoms with Gasteiger partial charge in [-0.15, -0.1) is 0 Å². The van der Waals surface area contributed by atoms with Gasteiger partial charge < -0.3 is 4.43 Å². The monoisotopic (exact) mass is 254 g/mol. The van der Waals surface area contributed by atoms with Crippen LogP contribution in [0.4, 0.5) is 0 Å². The fourth-order valence-corrected chi connectivity index (χ4v) is 2.74. The van der Waals surface area contributed by atoms with Gasteiger partial charge in [-0.05, 0) is 30.1 Å². The van der Waals surface area contributed by atoms with E-state index < -0.39 is 8.32 Å². The molecule has 17 heavy (non-hydrogen) atoms. The molecular formula is C14H26O2Si. The quantitative estimate of drug-likeness (QED) is 0.716. The average Bonchev–Trinajstić information content (AvgIpc) is 2.14. The standard InChI is InChI=1S/C14H26O2Si/c1-11-9-13(15)8-7-12(11)10-16-17(5,6)14(2,3)4/h7-8,11-12H,9-10H2,1-6H3/t11-,12-/m0/s1. The van der Waals surface area contributed by atoms with Crippen LogP contribution in [0.3, 0.4) is 0 Å². The summed E-state index contributed by atoms with van der Waals surface area (Å²) in [6.45, 7) is 14.2. The van der Waals surface area contributed by atoms with Crippen molar-refractivity contribution in [3.63, 3.8) is 0 Å². The molecule has 1 aliphatic carbocycles. The summed E-state index contributed by atoms with van der Waals surface area (Å²) in [6, 6.07) is 0. The Bertz CT molecular complexity index is 313. The normalized spacial score (nSPS) is 26.4. The highest BCUT2D eigenvalue weighted by Gasteiger charge is 2.38. The van der Waals surface area contributed by atoms with Crippen molar-refractivity contribution in [1.29, 1.82) is 0 Å². The Morgan fingerprint density at radius 3 is 2.47 bits per heavy atom. The first-order valence-electron chi connectivity index (χ1n) is 6.48. The summed E-state index contributed by atoms with van der Waals surface area (Å²) in [4.78, 5) is 11.3. The number of carbonyl (C=O) groups is 1. The predicted octanol–water partition coefficient (Wildman–Crippen LogP) is 3.79. The molecule has 1 aliphatic rings. The predicted molar refractivity (Wildman–Crippen MR) is 74.6 cm³/mol. The largest absolute Gasteiger partial charge is 0.416 e. The van der Waals surface area contributed by atoms with E-state index in [0.717, 1.165) is 6.61 Å². The molecule has 0 aromatic heterocycles.